The summed E-state index contributed by atoms with van der Waals surface area (Å²) in [4.78, 5) is 26.9. The Labute approximate surface area is 196 Å². The van der Waals surface area contributed by atoms with Gasteiger partial charge < -0.3 is 15.2 Å². The van der Waals surface area contributed by atoms with E-state index in [4.69, 9.17) is 0 Å². The SMILES string of the molecule is CC(C)c1ccc(C2CC3C(=O)N(CCC(=O)NCCCc4ccccc4)C=CN3N2)cc1. The summed E-state index contributed by atoms with van der Waals surface area (Å²) in [6.45, 7) is 5.42. The Balaban J connectivity index is 1.21. The molecule has 0 aliphatic carbocycles. The normalized spacial score (nSPS) is 19.8. The van der Waals surface area contributed by atoms with Gasteiger partial charge in [0.1, 0.15) is 6.04 Å². The zero-order valence-electron chi connectivity index (χ0n) is 19.5. The van der Waals surface area contributed by atoms with Crippen LogP contribution >= 0.6 is 0 Å². The number of rotatable bonds is 9. The van der Waals surface area contributed by atoms with Crippen molar-refractivity contribution in [1.29, 1.82) is 0 Å². The van der Waals surface area contributed by atoms with Crippen LogP contribution in [0.3, 0.4) is 0 Å². The van der Waals surface area contributed by atoms with Gasteiger partial charge in [0.25, 0.3) is 5.91 Å². The van der Waals surface area contributed by atoms with E-state index in [1.165, 1.54) is 16.7 Å². The van der Waals surface area contributed by atoms with Gasteiger partial charge in [0.2, 0.25) is 5.91 Å². The first-order valence-corrected chi connectivity index (χ1v) is 11.9. The standard InChI is InChI=1S/C27H34N4O2/c1-20(2)22-10-12-23(13-11-22)24-19-25-27(33)30(17-18-31(25)29-24)16-14-26(32)28-15-6-9-21-7-4-3-5-8-21/h3-5,7-8,10-13,17-18,20,24-25,29H,6,9,14-16,19H2,1-2H3,(H,28,32). The largest absolute Gasteiger partial charge is 0.356 e. The van der Waals surface area contributed by atoms with Crippen LogP contribution in [0.4, 0.5) is 0 Å². The van der Waals surface area contributed by atoms with Crippen LogP contribution in [-0.2, 0) is 16.0 Å². The lowest BCUT2D eigenvalue weighted by Gasteiger charge is -2.31. The van der Waals surface area contributed by atoms with E-state index in [1.54, 1.807) is 11.1 Å². The highest BCUT2D eigenvalue weighted by Gasteiger charge is 2.39. The zero-order valence-corrected chi connectivity index (χ0v) is 19.5. The molecule has 6 heteroatoms. The summed E-state index contributed by atoms with van der Waals surface area (Å²) < 4.78 is 0. The second-order valence-corrected chi connectivity index (χ2v) is 9.18. The maximum atomic E-state index is 13.0. The summed E-state index contributed by atoms with van der Waals surface area (Å²) in [5.74, 6) is 0.531. The smallest absolute Gasteiger partial charge is 0.250 e. The fourth-order valence-electron chi connectivity index (χ4n) is 4.43. The van der Waals surface area contributed by atoms with E-state index in [9.17, 15) is 9.59 Å². The molecule has 2 aliphatic heterocycles. The quantitative estimate of drug-likeness (QED) is 0.574. The molecule has 0 radical (unpaired) electrons. The molecule has 0 bridgehead atoms. The van der Waals surface area contributed by atoms with Crippen molar-refractivity contribution in [3.05, 3.63) is 83.7 Å². The van der Waals surface area contributed by atoms with Crippen LogP contribution < -0.4 is 10.7 Å². The summed E-state index contributed by atoms with van der Waals surface area (Å²) in [6, 6.07) is 18.8. The Kier molecular flexibility index (Phi) is 7.45. The predicted octanol–water partition coefficient (Wildman–Crippen LogP) is 3.88. The van der Waals surface area contributed by atoms with Gasteiger partial charge in [-0.2, -0.15) is 0 Å². The fourth-order valence-corrected chi connectivity index (χ4v) is 4.43. The average Bonchev–Trinajstić information content (AvgIpc) is 3.27. The van der Waals surface area contributed by atoms with Gasteiger partial charge in [0.05, 0.1) is 6.04 Å². The van der Waals surface area contributed by atoms with Crippen LogP contribution in [0, 0.1) is 0 Å². The summed E-state index contributed by atoms with van der Waals surface area (Å²) in [5, 5.41) is 4.88. The topological polar surface area (TPSA) is 64.7 Å². The van der Waals surface area contributed by atoms with Gasteiger partial charge in [-0.25, -0.2) is 5.43 Å². The predicted molar refractivity (Wildman–Crippen MR) is 130 cm³/mol. The van der Waals surface area contributed by atoms with Gasteiger partial charge in [0, 0.05) is 31.9 Å². The van der Waals surface area contributed by atoms with Crippen molar-refractivity contribution in [2.75, 3.05) is 13.1 Å². The first-order valence-electron chi connectivity index (χ1n) is 11.9. The molecule has 174 valence electrons. The van der Waals surface area contributed by atoms with Crippen LogP contribution in [0.1, 0.15) is 61.8 Å². The maximum Gasteiger partial charge on any atom is 0.250 e. The van der Waals surface area contributed by atoms with Crippen molar-refractivity contribution in [3.8, 4) is 0 Å². The molecule has 0 spiro atoms. The molecule has 2 aromatic rings. The van der Waals surface area contributed by atoms with Gasteiger partial charge in [-0.15, -0.1) is 0 Å². The Morgan fingerprint density at radius 3 is 2.58 bits per heavy atom. The minimum atomic E-state index is -0.237. The molecule has 4 rings (SSSR count). The van der Waals surface area contributed by atoms with Crippen LogP contribution in [0.5, 0.6) is 0 Å². The first kappa shape index (κ1) is 23.1. The molecular weight excluding hydrogens is 412 g/mol. The molecule has 1 saturated heterocycles. The number of benzene rings is 2. The van der Waals surface area contributed by atoms with E-state index in [-0.39, 0.29) is 23.9 Å². The van der Waals surface area contributed by atoms with Crippen molar-refractivity contribution in [3.63, 3.8) is 0 Å². The van der Waals surface area contributed by atoms with E-state index in [2.05, 4.69) is 61.0 Å². The number of fused-ring (bicyclic) bond motifs is 1. The first-order chi connectivity index (χ1) is 16.0. The summed E-state index contributed by atoms with van der Waals surface area (Å²) in [6.07, 6.45) is 6.56. The second kappa shape index (κ2) is 10.7. The number of aryl methyl sites for hydroxylation is 1. The zero-order chi connectivity index (χ0) is 23.2. The van der Waals surface area contributed by atoms with Gasteiger partial charge in [0.15, 0.2) is 0 Å². The minimum absolute atomic E-state index is 0.0145. The van der Waals surface area contributed by atoms with E-state index >= 15 is 0 Å². The molecule has 2 N–H and O–H groups in total. The molecule has 0 saturated carbocycles. The number of hydrazine groups is 1. The highest BCUT2D eigenvalue weighted by Crippen LogP contribution is 2.31. The monoisotopic (exact) mass is 446 g/mol. The number of carbonyl (C=O) groups excluding carboxylic acids is 2. The molecule has 2 atom stereocenters. The molecule has 6 nitrogen and oxygen atoms in total. The molecule has 2 aromatic carbocycles. The lowest BCUT2D eigenvalue weighted by molar-refractivity contribution is -0.134. The van der Waals surface area contributed by atoms with Crippen LogP contribution in [0.2, 0.25) is 0 Å². The van der Waals surface area contributed by atoms with Crippen molar-refractivity contribution >= 4 is 11.8 Å². The number of nitrogens with zero attached hydrogens (tertiary/aromatic N) is 2. The molecule has 2 amide bonds. The van der Waals surface area contributed by atoms with Gasteiger partial charge >= 0.3 is 0 Å². The highest BCUT2D eigenvalue weighted by atomic mass is 16.2. The molecule has 0 aromatic heterocycles. The molecule has 2 aliphatic rings. The van der Waals surface area contributed by atoms with Crippen molar-refractivity contribution in [1.82, 2.24) is 20.7 Å². The lowest BCUT2D eigenvalue weighted by atomic mass is 9.97. The van der Waals surface area contributed by atoms with E-state index in [0.29, 0.717) is 31.8 Å². The van der Waals surface area contributed by atoms with Gasteiger partial charge in [-0.3, -0.25) is 9.59 Å². The summed E-state index contributed by atoms with van der Waals surface area (Å²) in [5.41, 5.74) is 7.22. The van der Waals surface area contributed by atoms with Crippen molar-refractivity contribution in [2.24, 2.45) is 0 Å². The van der Waals surface area contributed by atoms with Crippen molar-refractivity contribution in [2.45, 2.75) is 57.5 Å². The fraction of sp³-hybridized carbons (Fsp3) is 0.407. The molecule has 1 fully saturated rings. The van der Waals surface area contributed by atoms with Gasteiger partial charge in [-0.1, -0.05) is 68.4 Å². The molecule has 2 heterocycles. The van der Waals surface area contributed by atoms with E-state index < -0.39 is 0 Å². The molecule has 2 unspecified atom stereocenters. The van der Waals surface area contributed by atoms with Crippen LogP contribution in [-0.4, -0.2) is 40.9 Å². The minimum Gasteiger partial charge on any atom is -0.356 e. The number of carbonyl (C=O) groups is 2. The average molecular weight is 447 g/mol. The van der Waals surface area contributed by atoms with Gasteiger partial charge in [-0.05, 0) is 41.9 Å². The van der Waals surface area contributed by atoms with E-state index in [0.717, 1.165) is 12.8 Å². The van der Waals surface area contributed by atoms with Crippen LogP contribution in [0.15, 0.2) is 67.0 Å². The Morgan fingerprint density at radius 2 is 1.85 bits per heavy atom. The third-order valence-corrected chi connectivity index (χ3v) is 6.47. The Hall–Kier alpha value is -3.12. The summed E-state index contributed by atoms with van der Waals surface area (Å²) in [7, 11) is 0. The highest BCUT2D eigenvalue weighted by molar-refractivity contribution is 5.85. The Bertz CT molecular complexity index is 971. The van der Waals surface area contributed by atoms with Crippen molar-refractivity contribution < 1.29 is 9.59 Å². The molecule has 33 heavy (non-hydrogen) atoms. The lowest BCUT2D eigenvalue weighted by Crippen LogP contribution is -2.48. The van der Waals surface area contributed by atoms with Crippen LogP contribution in [0.25, 0.3) is 0 Å². The number of nitrogens with one attached hydrogen (secondary N) is 2. The third-order valence-electron chi connectivity index (χ3n) is 6.47. The number of hydrogen-bond donors (Lipinski definition) is 2. The Morgan fingerprint density at radius 1 is 1.09 bits per heavy atom. The second-order valence-electron chi connectivity index (χ2n) is 9.18. The number of amides is 2. The third kappa shape index (κ3) is 5.82. The maximum absolute atomic E-state index is 13.0. The van der Waals surface area contributed by atoms with E-state index in [1.807, 2.05) is 29.4 Å². The molecular formula is C27H34N4O2. The summed E-state index contributed by atoms with van der Waals surface area (Å²) >= 11 is 0. The number of hydrogen-bond acceptors (Lipinski definition) is 4.